The summed E-state index contributed by atoms with van der Waals surface area (Å²) in [4.78, 5) is 37.1. The second kappa shape index (κ2) is 10.1. The molecule has 7 nitrogen and oxygen atoms in total. The summed E-state index contributed by atoms with van der Waals surface area (Å²) in [5.41, 5.74) is 2.62. The van der Waals surface area contributed by atoms with Gasteiger partial charge < -0.3 is 19.1 Å². The van der Waals surface area contributed by atoms with Crippen LogP contribution in [0.4, 0.5) is 5.69 Å². The molecule has 2 fully saturated rings. The van der Waals surface area contributed by atoms with E-state index in [4.69, 9.17) is 4.42 Å². The van der Waals surface area contributed by atoms with Crippen molar-refractivity contribution < 1.29 is 14.0 Å². The van der Waals surface area contributed by atoms with E-state index in [1.807, 2.05) is 52.3 Å². The molecule has 2 aliphatic heterocycles. The van der Waals surface area contributed by atoms with Crippen molar-refractivity contribution in [1.29, 1.82) is 0 Å². The van der Waals surface area contributed by atoms with Crippen LogP contribution in [0.1, 0.15) is 46.5 Å². The van der Waals surface area contributed by atoms with Gasteiger partial charge in [0.15, 0.2) is 17.8 Å². The summed E-state index contributed by atoms with van der Waals surface area (Å²) in [7, 11) is 0. The predicted molar refractivity (Wildman–Crippen MR) is 131 cm³/mol. The molecule has 176 valence electrons. The minimum Gasteiger partial charge on any atom is -0.443 e. The highest BCUT2D eigenvalue weighted by molar-refractivity contribution is 6.04. The Balaban J connectivity index is 1.35. The van der Waals surface area contributed by atoms with E-state index in [0.29, 0.717) is 30.0 Å². The number of rotatable bonds is 4. The average Bonchev–Trinajstić information content (AvgIpc) is 3.23. The summed E-state index contributed by atoms with van der Waals surface area (Å²) in [6.07, 6.45) is 5.66. The van der Waals surface area contributed by atoms with E-state index in [9.17, 15) is 9.59 Å². The highest BCUT2D eigenvalue weighted by Gasteiger charge is 2.29. The summed E-state index contributed by atoms with van der Waals surface area (Å²) in [6, 6.07) is 17.6. The molecule has 2 aromatic carbocycles. The van der Waals surface area contributed by atoms with Crippen molar-refractivity contribution in [3.05, 3.63) is 72.2 Å². The molecule has 2 aliphatic rings. The monoisotopic (exact) mass is 458 g/mol. The number of piperazine rings is 1. The second-order valence-electron chi connectivity index (χ2n) is 8.90. The normalized spacial score (nSPS) is 16.9. The van der Waals surface area contributed by atoms with Crippen LogP contribution < -0.4 is 4.90 Å². The third-order valence-electron chi connectivity index (χ3n) is 6.75. The Bertz CT molecular complexity index is 1130. The summed E-state index contributed by atoms with van der Waals surface area (Å²) in [5.74, 6) is 0.200. The lowest BCUT2D eigenvalue weighted by Crippen LogP contribution is -2.49. The third kappa shape index (κ3) is 4.55. The lowest BCUT2D eigenvalue weighted by molar-refractivity contribution is 0.0737. The van der Waals surface area contributed by atoms with Gasteiger partial charge in [-0.2, -0.15) is 0 Å². The molecule has 0 spiro atoms. The van der Waals surface area contributed by atoms with Crippen molar-refractivity contribution in [3.8, 4) is 11.3 Å². The lowest BCUT2D eigenvalue weighted by atomic mass is 10.0. The van der Waals surface area contributed by atoms with Crippen molar-refractivity contribution >= 4 is 17.5 Å². The van der Waals surface area contributed by atoms with E-state index in [-0.39, 0.29) is 17.5 Å². The summed E-state index contributed by atoms with van der Waals surface area (Å²) in [6.45, 7) is 4.25. The van der Waals surface area contributed by atoms with Crippen molar-refractivity contribution in [1.82, 2.24) is 14.8 Å². The van der Waals surface area contributed by atoms with E-state index < -0.39 is 0 Å². The van der Waals surface area contributed by atoms with E-state index in [1.165, 1.54) is 6.39 Å². The number of likely N-dealkylation sites (tertiary alicyclic amines) is 1. The van der Waals surface area contributed by atoms with Crippen LogP contribution in [0.2, 0.25) is 0 Å². The first-order valence-corrected chi connectivity index (χ1v) is 12.1. The molecular formula is C27H30N4O3. The highest BCUT2D eigenvalue weighted by atomic mass is 16.3. The van der Waals surface area contributed by atoms with Gasteiger partial charge in [-0.15, -0.1) is 0 Å². The van der Waals surface area contributed by atoms with Crippen LogP contribution in [0.5, 0.6) is 0 Å². The Hall–Kier alpha value is -3.61. The number of amides is 2. The lowest BCUT2D eigenvalue weighted by Gasteiger charge is -2.35. The number of benzene rings is 2. The molecule has 0 bridgehead atoms. The summed E-state index contributed by atoms with van der Waals surface area (Å²) < 4.78 is 5.72. The average molecular weight is 459 g/mol. The minimum absolute atomic E-state index is 0.0104. The Morgan fingerprint density at radius 3 is 2.09 bits per heavy atom. The third-order valence-corrected chi connectivity index (χ3v) is 6.75. The first-order chi connectivity index (χ1) is 16.7. The van der Waals surface area contributed by atoms with Gasteiger partial charge >= 0.3 is 0 Å². The molecule has 0 radical (unpaired) electrons. The molecule has 3 aromatic rings. The molecule has 0 aliphatic carbocycles. The number of hydrogen-bond donors (Lipinski definition) is 0. The van der Waals surface area contributed by atoms with Gasteiger partial charge in [-0.3, -0.25) is 9.59 Å². The van der Waals surface area contributed by atoms with Gasteiger partial charge in [-0.1, -0.05) is 49.2 Å². The van der Waals surface area contributed by atoms with Crippen molar-refractivity contribution in [2.45, 2.75) is 25.7 Å². The maximum Gasteiger partial charge on any atom is 0.276 e. The van der Waals surface area contributed by atoms with Crippen LogP contribution >= 0.6 is 0 Å². The zero-order chi connectivity index (χ0) is 23.3. The van der Waals surface area contributed by atoms with Crippen molar-refractivity contribution in [2.24, 2.45) is 0 Å². The van der Waals surface area contributed by atoms with Gasteiger partial charge in [0.2, 0.25) is 0 Å². The molecule has 0 atom stereocenters. The number of aromatic nitrogens is 1. The molecule has 1 aromatic heterocycles. The molecule has 0 unspecified atom stereocenters. The first-order valence-electron chi connectivity index (χ1n) is 12.1. The maximum absolute atomic E-state index is 13.4. The number of para-hydroxylation sites is 1. The fourth-order valence-electron chi connectivity index (χ4n) is 4.86. The molecule has 5 rings (SSSR count). The Morgan fingerprint density at radius 2 is 1.35 bits per heavy atom. The van der Waals surface area contributed by atoms with Gasteiger partial charge in [-0.05, 0) is 31.0 Å². The van der Waals surface area contributed by atoms with Crippen LogP contribution in [0.25, 0.3) is 11.3 Å². The first kappa shape index (κ1) is 22.2. The smallest absolute Gasteiger partial charge is 0.276 e. The number of carbonyl (C=O) groups is 2. The van der Waals surface area contributed by atoms with Gasteiger partial charge in [0.1, 0.15) is 0 Å². The molecular weight excluding hydrogens is 428 g/mol. The molecule has 2 amide bonds. The van der Waals surface area contributed by atoms with Crippen molar-refractivity contribution in [2.75, 3.05) is 44.2 Å². The predicted octanol–water partition coefficient (Wildman–Crippen LogP) is 4.32. The van der Waals surface area contributed by atoms with E-state index >= 15 is 0 Å². The molecule has 7 heteroatoms. The summed E-state index contributed by atoms with van der Waals surface area (Å²) in [5, 5.41) is 0. The standard InChI is InChI=1S/C27H30N4O3/c32-26(30-14-8-1-2-9-15-30)23-13-7-6-12-22(23)25-24(28-20-34-25)27(33)31-18-16-29(17-19-31)21-10-4-3-5-11-21/h3-7,10-13,20H,1-2,8-9,14-19H2. The second-order valence-corrected chi connectivity index (χ2v) is 8.90. The largest absolute Gasteiger partial charge is 0.443 e. The quantitative estimate of drug-likeness (QED) is 0.582. The zero-order valence-corrected chi connectivity index (χ0v) is 19.4. The van der Waals surface area contributed by atoms with Gasteiger partial charge in [0, 0.05) is 50.5 Å². The van der Waals surface area contributed by atoms with Gasteiger partial charge in [0.25, 0.3) is 11.8 Å². The fourth-order valence-corrected chi connectivity index (χ4v) is 4.86. The van der Waals surface area contributed by atoms with E-state index in [0.717, 1.165) is 57.5 Å². The topological polar surface area (TPSA) is 69.9 Å². The number of oxazole rings is 1. The molecule has 34 heavy (non-hydrogen) atoms. The Labute approximate surface area is 200 Å². The maximum atomic E-state index is 13.4. The Kier molecular flexibility index (Phi) is 6.60. The Morgan fingerprint density at radius 1 is 0.706 bits per heavy atom. The van der Waals surface area contributed by atoms with Gasteiger partial charge in [0.05, 0.1) is 5.56 Å². The molecule has 0 N–H and O–H groups in total. The number of anilines is 1. The highest BCUT2D eigenvalue weighted by Crippen LogP contribution is 2.29. The van der Waals surface area contributed by atoms with E-state index in [2.05, 4.69) is 22.0 Å². The summed E-state index contributed by atoms with van der Waals surface area (Å²) >= 11 is 0. The number of hydrogen-bond acceptors (Lipinski definition) is 5. The van der Waals surface area contributed by atoms with Crippen molar-refractivity contribution in [3.63, 3.8) is 0 Å². The fraction of sp³-hybridized carbons (Fsp3) is 0.370. The van der Waals surface area contributed by atoms with Gasteiger partial charge in [-0.25, -0.2) is 4.98 Å². The number of carbonyl (C=O) groups excluding carboxylic acids is 2. The van der Waals surface area contributed by atoms with Crippen LogP contribution in [0.15, 0.2) is 65.4 Å². The minimum atomic E-state index is -0.159. The van der Waals surface area contributed by atoms with Crippen LogP contribution in [-0.4, -0.2) is 65.9 Å². The molecule has 0 saturated carbocycles. The van der Waals surface area contributed by atoms with Crippen LogP contribution in [0, 0.1) is 0 Å². The zero-order valence-electron chi connectivity index (χ0n) is 19.4. The van der Waals surface area contributed by atoms with Crippen LogP contribution in [-0.2, 0) is 0 Å². The molecule has 3 heterocycles. The van der Waals surface area contributed by atoms with Crippen LogP contribution in [0.3, 0.4) is 0 Å². The molecule has 2 saturated heterocycles. The SMILES string of the molecule is O=C(c1ccccc1-c1ocnc1C(=O)N1CCN(c2ccccc2)CC1)N1CCCCCC1. The number of nitrogens with zero attached hydrogens (tertiary/aromatic N) is 4. The van der Waals surface area contributed by atoms with E-state index in [1.54, 1.807) is 0 Å².